The lowest BCUT2D eigenvalue weighted by atomic mass is 9.98. The summed E-state index contributed by atoms with van der Waals surface area (Å²) in [6.45, 7) is 3.62. The molecule has 1 aliphatic rings. The van der Waals surface area contributed by atoms with Gasteiger partial charge in [0.25, 0.3) is 5.91 Å². The van der Waals surface area contributed by atoms with Crippen LogP contribution in [0.5, 0.6) is 0 Å². The molecule has 35 heavy (non-hydrogen) atoms. The summed E-state index contributed by atoms with van der Waals surface area (Å²) >= 11 is 0. The predicted molar refractivity (Wildman–Crippen MR) is 128 cm³/mol. The molecule has 4 rings (SSSR count). The molecule has 0 saturated carbocycles. The lowest BCUT2D eigenvalue weighted by Gasteiger charge is -2.17. The van der Waals surface area contributed by atoms with E-state index in [9.17, 15) is 19.5 Å². The number of hydrogen-bond donors (Lipinski definition) is 3. The quantitative estimate of drug-likeness (QED) is 0.456. The highest BCUT2D eigenvalue weighted by Crippen LogP contribution is 2.44. The second kappa shape index (κ2) is 10.3. The number of ether oxygens (including phenoxy) is 1. The zero-order valence-corrected chi connectivity index (χ0v) is 19.4. The van der Waals surface area contributed by atoms with Crippen LogP contribution in [0, 0.1) is 5.92 Å². The molecular weight excluding hydrogens is 448 g/mol. The Morgan fingerprint density at radius 2 is 1.54 bits per heavy atom. The van der Waals surface area contributed by atoms with Crippen molar-refractivity contribution in [3.8, 4) is 11.1 Å². The number of amides is 2. The van der Waals surface area contributed by atoms with Crippen LogP contribution in [-0.2, 0) is 16.1 Å². The number of benzene rings is 2. The summed E-state index contributed by atoms with van der Waals surface area (Å²) in [6, 6.07) is 15.2. The summed E-state index contributed by atoms with van der Waals surface area (Å²) in [5.41, 5.74) is 4.68. The molecule has 3 N–H and O–H groups in total. The Labute approximate surface area is 202 Å². The zero-order valence-electron chi connectivity index (χ0n) is 19.4. The van der Waals surface area contributed by atoms with Crippen molar-refractivity contribution in [1.82, 2.24) is 20.6 Å². The Kier molecular flexibility index (Phi) is 7.05. The monoisotopic (exact) mass is 474 g/mol. The summed E-state index contributed by atoms with van der Waals surface area (Å²) < 4.78 is 5.49. The molecule has 0 spiro atoms. The summed E-state index contributed by atoms with van der Waals surface area (Å²) in [6.07, 6.45) is 1.98. The van der Waals surface area contributed by atoms with Crippen LogP contribution in [0.2, 0.25) is 0 Å². The van der Waals surface area contributed by atoms with Crippen molar-refractivity contribution in [2.75, 3.05) is 6.61 Å². The molecule has 1 heterocycles. The van der Waals surface area contributed by atoms with E-state index in [4.69, 9.17) is 4.74 Å². The molecule has 0 unspecified atom stereocenters. The van der Waals surface area contributed by atoms with Gasteiger partial charge in [0.2, 0.25) is 0 Å². The van der Waals surface area contributed by atoms with E-state index in [2.05, 4.69) is 32.7 Å². The van der Waals surface area contributed by atoms with Crippen molar-refractivity contribution >= 4 is 18.0 Å². The molecule has 0 bridgehead atoms. The zero-order chi connectivity index (χ0) is 24.9. The van der Waals surface area contributed by atoms with E-state index in [-0.39, 0.29) is 36.4 Å². The maximum Gasteiger partial charge on any atom is 0.407 e. The molecule has 0 saturated heterocycles. The second-order valence-corrected chi connectivity index (χ2v) is 8.60. The number of carbonyl (C=O) groups is 3. The van der Waals surface area contributed by atoms with E-state index in [1.807, 2.05) is 36.4 Å². The van der Waals surface area contributed by atoms with Gasteiger partial charge < -0.3 is 20.5 Å². The number of aliphatic carboxylic acids is 1. The van der Waals surface area contributed by atoms with E-state index < -0.39 is 24.0 Å². The van der Waals surface area contributed by atoms with Gasteiger partial charge in [0.1, 0.15) is 18.5 Å². The summed E-state index contributed by atoms with van der Waals surface area (Å²) in [5.74, 6) is -1.73. The van der Waals surface area contributed by atoms with Gasteiger partial charge in [-0.05, 0) is 28.2 Å². The highest BCUT2D eigenvalue weighted by molar-refractivity contribution is 5.96. The Morgan fingerprint density at radius 3 is 2.09 bits per heavy atom. The Balaban J connectivity index is 1.30. The minimum Gasteiger partial charge on any atom is -0.480 e. The van der Waals surface area contributed by atoms with Crippen LogP contribution in [0.3, 0.4) is 0 Å². The molecule has 9 nitrogen and oxygen atoms in total. The van der Waals surface area contributed by atoms with E-state index in [1.165, 1.54) is 12.4 Å². The lowest BCUT2D eigenvalue weighted by molar-refractivity contribution is -0.140. The van der Waals surface area contributed by atoms with Gasteiger partial charge in [0, 0.05) is 18.3 Å². The third-order valence-electron chi connectivity index (χ3n) is 5.92. The third kappa shape index (κ3) is 5.29. The van der Waals surface area contributed by atoms with E-state index in [1.54, 1.807) is 13.8 Å². The maximum atomic E-state index is 12.3. The van der Waals surface area contributed by atoms with Crippen molar-refractivity contribution in [3.63, 3.8) is 0 Å². The van der Waals surface area contributed by atoms with Crippen LogP contribution in [0.4, 0.5) is 4.79 Å². The third-order valence-corrected chi connectivity index (χ3v) is 5.92. The summed E-state index contributed by atoms with van der Waals surface area (Å²) in [7, 11) is 0. The number of nitrogens with one attached hydrogen (secondary N) is 2. The number of nitrogens with zero attached hydrogens (tertiary/aromatic N) is 2. The molecule has 1 aliphatic carbocycles. The molecule has 1 aromatic heterocycles. The average molecular weight is 475 g/mol. The highest BCUT2D eigenvalue weighted by atomic mass is 16.5. The van der Waals surface area contributed by atoms with Crippen LogP contribution < -0.4 is 10.6 Å². The number of aromatic nitrogens is 2. The van der Waals surface area contributed by atoms with Crippen molar-refractivity contribution in [2.24, 2.45) is 5.92 Å². The van der Waals surface area contributed by atoms with Gasteiger partial charge in [0.05, 0.1) is 12.1 Å². The number of alkyl carbamates (subject to hydrolysis) is 1. The predicted octanol–water partition coefficient (Wildman–Crippen LogP) is 3.35. The van der Waals surface area contributed by atoms with Gasteiger partial charge in [-0.3, -0.25) is 4.79 Å². The molecule has 180 valence electrons. The molecule has 2 amide bonds. The lowest BCUT2D eigenvalue weighted by Crippen LogP contribution is -2.44. The van der Waals surface area contributed by atoms with Gasteiger partial charge in [-0.15, -0.1) is 0 Å². The molecule has 3 aromatic rings. The van der Waals surface area contributed by atoms with Crippen molar-refractivity contribution < 1.29 is 24.2 Å². The van der Waals surface area contributed by atoms with Crippen LogP contribution >= 0.6 is 0 Å². The van der Waals surface area contributed by atoms with Gasteiger partial charge in [-0.2, -0.15) is 0 Å². The van der Waals surface area contributed by atoms with Crippen LogP contribution in [0.25, 0.3) is 11.1 Å². The highest BCUT2D eigenvalue weighted by Gasteiger charge is 2.29. The molecule has 9 heteroatoms. The van der Waals surface area contributed by atoms with Gasteiger partial charge in [-0.1, -0.05) is 62.4 Å². The van der Waals surface area contributed by atoms with E-state index in [0.717, 1.165) is 22.3 Å². The molecular formula is C26H26N4O5. The van der Waals surface area contributed by atoms with Crippen molar-refractivity contribution in [3.05, 3.63) is 83.4 Å². The fourth-order valence-corrected chi connectivity index (χ4v) is 4.10. The van der Waals surface area contributed by atoms with Gasteiger partial charge in [-0.25, -0.2) is 19.6 Å². The van der Waals surface area contributed by atoms with Crippen molar-refractivity contribution in [1.29, 1.82) is 0 Å². The fourth-order valence-electron chi connectivity index (χ4n) is 4.10. The van der Waals surface area contributed by atoms with Crippen LogP contribution in [-0.4, -0.2) is 45.7 Å². The maximum absolute atomic E-state index is 12.3. The number of fused-ring (bicyclic) bond motifs is 3. The molecule has 2 aromatic carbocycles. The molecule has 0 radical (unpaired) electrons. The van der Waals surface area contributed by atoms with E-state index >= 15 is 0 Å². The van der Waals surface area contributed by atoms with Crippen molar-refractivity contribution in [2.45, 2.75) is 32.4 Å². The Bertz CT molecular complexity index is 1200. The number of rotatable bonds is 8. The number of carboxylic acid groups (broad SMARTS) is 1. The topological polar surface area (TPSA) is 131 Å². The first-order valence-corrected chi connectivity index (χ1v) is 11.3. The van der Waals surface area contributed by atoms with Crippen LogP contribution in [0.1, 0.15) is 47.1 Å². The normalized spacial score (nSPS) is 13.0. The summed E-state index contributed by atoms with van der Waals surface area (Å²) in [5, 5.41) is 14.3. The smallest absolute Gasteiger partial charge is 0.407 e. The number of carbonyl (C=O) groups excluding carboxylic acids is 2. The van der Waals surface area contributed by atoms with E-state index in [0.29, 0.717) is 0 Å². The Morgan fingerprint density at radius 1 is 0.971 bits per heavy atom. The molecule has 0 aliphatic heterocycles. The fraction of sp³-hybridized carbons (Fsp3) is 0.269. The standard InChI is InChI=1S/C26H26N4O5/c1-15(2)23(25(32)33)30-24(31)16-11-27-22(28-12-16)13-29-26(34)35-14-21-19-9-5-3-7-17(19)18-8-4-6-10-20(18)21/h3-12,15,21,23H,13-14H2,1-2H3,(H,29,34)(H,30,31)(H,32,33)/t23-/m0/s1. The van der Waals surface area contributed by atoms with Gasteiger partial charge >= 0.3 is 12.1 Å². The second-order valence-electron chi connectivity index (χ2n) is 8.60. The first-order valence-electron chi connectivity index (χ1n) is 11.3. The number of hydrogen-bond acceptors (Lipinski definition) is 6. The first kappa shape index (κ1) is 23.9. The first-order chi connectivity index (χ1) is 16.8. The molecule has 1 atom stereocenters. The summed E-state index contributed by atoms with van der Waals surface area (Å²) in [4.78, 5) is 44.0. The molecule has 0 fully saturated rings. The minimum atomic E-state index is -1.11. The largest absolute Gasteiger partial charge is 0.480 e. The minimum absolute atomic E-state index is 0.0162. The van der Waals surface area contributed by atoms with Crippen LogP contribution in [0.15, 0.2) is 60.9 Å². The Hall–Kier alpha value is -4.27. The number of carboxylic acids is 1. The van der Waals surface area contributed by atoms with Gasteiger partial charge in [0.15, 0.2) is 0 Å². The average Bonchev–Trinajstić information content (AvgIpc) is 3.18. The SMILES string of the molecule is CC(C)[C@H](NC(=O)c1cnc(CNC(=O)OCC2c3ccccc3-c3ccccc32)nc1)C(=O)O.